The average Bonchev–Trinajstić information content (AvgIpc) is 3.23. The number of benzene rings is 2. The third-order valence-corrected chi connectivity index (χ3v) is 7.82. The number of aryl methyl sites for hydroxylation is 1. The van der Waals surface area contributed by atoms with Crippen LogP contribution in [0, 0.1) is 12.7 Å². The Labute approximate surface area is 212 Å². The number of alkyl halides is 2. The Morgan fingerprint density at radius 3 is 2.68 bits per heavy atom. The highest BCUT2D eigenvalue weighted by Crippen LogP contribution is 2.32. The van der Waals surface area contributed by atoms with Gasteiger partial charge < -0.3 is 10.6 Å². The maximum Gasteiger partial charge on any atom is 0.316 e. The number of amides is 1. The van der Waals surface area contributed by atoms with Gasteiger partial charge in [0.25, 0.3) is 0 Å². The maximum absolute atomic E-state index is 14.8. The van der Waals surface area contributed by atoms with E-state index in [1.165, 1.54) is 20.0 Å². The second-order valence-electron chi connectivity index (χ2n) is 8.43. The number of sulfonamides is 1. The average molecular weight is 535 g/mol. The molecule has 0 radical (unpaired) electrons. The third kappa shape index (κ3) is 5.45. The number of aromatic nitrogens is 2. The Bertz CT molecular complexity index is 1450. The molecular weight excluding hydrogens is 509 g/mol. The first-order valence-corrected chi connectivity index (χ1v) is 12.9. The molecule has 2 N–H and O–H groups in total. The molecule has 3 aromatic rings. The minimum absolute atomic E-state index is 0.137. The zero-order chi connectivity index (χ0) is 26.9. The molecule has 1 amide bonds. The summed E-state index contributed by atoms with van der Waals surface area (Å²) < 4.78 is 69.3. The molecule has 0 bridgehead atoms. The van der Waals surface area contributed by atoms with E-state index in [0.29, 0.717) is 21.8 Å². The highest BCUT2D eigenvalue weighted by molar-refractivity contribution is 7.92. The number of nitrogens with one attached hydrogen (secondary N) is 2. The summed E-state index contributed by atoms with van der Waals surface area (Å²) in [6.07, 6.45) is 1.04. The minimum atomic E-state index is -3.68. The molecule has 4 rings (SSSR count). The first kappa shape index (κ1) is 26.2. The zero-order valence-corrected chi connectivity index (χ0v) is 21.1. The summed E-state index contributed by atoms with van der Waals surface area (Å²) >= 11 is 0. The van der Waals surface area contributed by atoms with Gasteiger partial charge in [0.1, 0.15) is 0 Å². The monoisotopic (exact) mass is 534 g/mol. The molecule has 9 nitrogen and oxygen atoms in total. The zero-order valence-electron chi connectivity index (χ0n) is 20.3. The van der Waals surface area contributed by atoms with Crippen LogP contribution in [0.4, 0.5) is 42.0 Å². The lowest BCUT2D eigenvalue weighted by Gasteiger charge is -2.28. The van der Waals surface area contributed by atoms with Crippen molar-refractivity contribution in [1.29, 1.82) is 0 Å². The van der Waals surface area contributed by atoms with Gasteiger partial charge in [0, 0.05) is 18.4 Å². The van der Waals surface area contributed by atoms with Gasteiger partial charge in [-0.1, -0.05) is 18.2 Å². The number of anilines is 5. The molecule has 37 heavy (non-hydrogen) atoms. The van der Waals surface area contributed by atoms with E-state index in [1.54, 1.807) is 37.3 Å². The van der Waals surface area contributed by atoms with E-state index in [2.05, 4.69) is 20.6 Å². The van der Waals surface area contributed by atoms with Crippen molar-refractivity contribution in [1.82, 2.24) is 9.97 Å². The highest BCUT2D eigenvalue weighted by atomic mass is 32.2. The number of rotatable bonds is 9. The van der Waals surface area contributed by atoms with Crippen LogP contribution < -0.4 is 19.8 Å². The van der Waals surface area contributed by atoms with Gasteiger partial charge >= 0.3 is 6.55 Å². The van der Waals surface area contributed by atoms with Gasteiger partial charge in [-0.3, -0.25) is 14.0 Å². The fourth-order valence-electron chi connectivity index (χ4n) is 3.98. The summed E-state index contributed by atoms with van der Waals surface area (Å²) in [5, 5.41) is 5.55. The summed E-state index contributed by atoms with van der Waals surface area (Å²) in [5.41, 5.74) is 2.92. The van der Waals surface area contributed by atoms with E-state index >= 15 is 0 Å². The fraction of sp³-hybridized carbons (Fsp3) is 0.292. The van der Waals surface area contributed by atoms with Crippen molar-refractivity contribution in [2.24, 2.45) is 0 Å². The second-order valence-corrected chi connectivity index (χ2v) is 10.7. The van der Waals surface area contributed by atoms with Crippen LogP contribution in [-0.2, 0) is 27.8 Å². The largest absolute Gasteiger partial charge is 0.325 e. The van der Waals surface area contributed by atoms with Crippen LogP contribution in [0.3, 0.4) is 0 Å². The molecule has 1 aromatic heterocycles. The summed E-state index contributed by atoms with van der Waals surface area (Å²) in [6.45, 7) is -0.535. The smallest absolute Gasteiger partial charge is 0.316 e. The molecule has 1 aliphatic rings. The number of carbonyl (C=O) groups excluding carboxylic acids is 1. The number of nitrogens with zero attached hydrogens (tertiary/aromatic N) is 4. The molecule has 196 valence electrons. The van der Waals surface area contributed by atoms with Crippen LogP contribution in [0.25, 0.3) is 0 Å². The van der Waals surface area contributed by atoms with E-state index in [9.17, 15) is 26.4 Å². The van der Waals surface area contributed by atoms with Crippen molar-refractivity contribution < 1.29 is 26.4 Å². The molecule has 13 heteroatoms. The lowest BCUT2D eigenvalue weighted by Crippen LogP contribution is -2.33. The van der Waals surface area contributed by atoms with Gasteiger partial charge in [-0.25, -0.2) is 17.8 Å². The Balaban J connectivity index is 1.67. The number of carbonyl (C=O) groups is 1. The number of hydrogen-bond donors (Lipinski definition) is 2. The Kier molecular flexibility index (Phi) is 7.25. The van der Waals surface area contributed by atoms with E-state index in [-0.39, 0.29) is 35.3 Å². The predicted octanol–water partition coefficient (Wildman–Crippen LogP) is 4.18. The first-order chi connectivity index (χ1) is 17.5. The summed E-state index contributed by atoms with van der Waals surface area (Å²) in [4.78, 5) is 19.9. The predicted molar refractivity (Wildman–Crippen MR) is 135 cm³/mol. The van der Waals surface area contributed by atoms with Gasteiger partial charge in [-0.2, -0.15) is 13.8 Å². The quantitative estimate of drug-likeness (QED) is 0.397. The molecule has 2 heterocycles. The van der Waals surface area contributed by atoms with Gasteiger partial charge in [-0.05, 0) is 48.7 Å². The van der Waals surface area contributed by atoms with Crippen molar-refractivity contribution in [3.63, 3.8) is 0 Å². The molecule has 0 spiro atoms. The molecular formula is C24H25F3N6O3S. The topological polar surface area (TPSA) is 108 Å². The lowest BCUT2D eigenvalue weighted by molar-refractivity contribution is -0.115. The Morgan fingerprint density at radius 1 is 1.22 bits per heavy atom. The molecule has 0 unspecified atom stereocenters. The molecule has 0 atom stereocenters. The standard InChI is InChI=1S/C24H25F3N6O3S/c1-4-37(35,36)32(3)20-7-5-6-14(2)17(20)13-33(23(26)27)22-18(25)12-28-24(31-22)29-16-9-8-15-10-21(34)30-19(15)11-16/h5-9,11-12,23H,4,10,13H2,1-3H3,(H,30,34)(H,28,29,31). The van der Waals surface area contributed by atoms with Crippen molar-refractivity contribution in [2.75, 3.05) is 32.6 Å². The van der Waals surface area contributed by atoms with Crippen LogP contribution >= 0.6 is 0 Å². The maximum atomic E-state index is 14.8. The van der Waals surface area contributed by atoms with Crippen LogP contribution in [0.15, 0.2) is 42.6 Å². The summed E-state index contributed by atoms with van der Waals surface area (Å²) in [6, 6.07) is 9.82. The molecule has 0 saturated carbocycles. The van der Waals surface area contributed by atoms with Crippen LogP contribution in [0.1, 0.15) is 23.6 Å². The van der Waals surface area contributed by atoms with Crippen molar-refractivity contribution in [3.05, 3.63) is 65.1 Å². The molecule has 1 aliphatic heterocycles. The van der Waals surface area contributed by atoms with E-state index in [4.69, 9.17) is 0 Å². The fourth-order valence-corrected chi connectivity index (χ4v) is 4.84. The van der Waals surface area contributed by atoms with Crippen LogP contribution in [0.2, 0.25) is 0 Å². The molecule has 2 aromatic carbocycles. The first-order valence-electron chi connectivity index (χ1n) is 11.3. The van der Waals surface area contributed by atoms with E-state index < -0.39 is 34.8 Å². The van der Waals surface area contributed by atoms with Gasteiger partial charge in [0.15, 0.2) is 11.6 Å². The Hall–Kier alpha value is -3.87. The number of hydrogen-bond acceptors (Lipinski definition) is 7. The molecule has 0 fully saturated rings. The van der Waals surface area contributed by atoms with Crippen molar-refractivity contribution >= 4 is 44.8 Å². The van der Waals surface area contributed by atoms with E-state index in [1.807, 2.05) is 0 Å². The highest BCUT2D eigenvalue weighted by Gasteiger charge is 2.27. The van der Waals surface area contributed by atoms with Crippen molar-refractivity contribution in [2.45, 2.75) is 33.4 Å². The van der Waals surface area contributed by atoms with Gasteiger partial charge in [-0.15, -0.1) is 0 Å². The normalized spacial score (nSPS) is 12.9. The molecule has 0 aliphatic carbocycles. The summed E-state index contributed by atoms with van der Waals surface area (Å²) in [7, 11) is -2.33. The molecule has 0 saturated heterocycles. The SMILES string of the molecule is CCS(=O)(=O)N(C)c1cccc(C)c1CN(c1nc(Nc2ccc3c(c2)NC(=O)C3)ncc1F)C(F)F. The Morgan fingerprint density at radius 2 is 1.97 bits per heavy atom. The van der Waals surface area contributed by atoms with Crippen LogP contribution in [0.5, 0.6) is 0 Å². The van der Waals surface area contributed by atoms with Crippen LogP contribution in [-0.4, -0.2) is 43.6 Å². The van der Waals surface area contributed by atoms with Gasteiger partial charge in [0.2, 0.25) is 21.9 Å². The van der Waals surface area contributed by atoms with Crippen molar-refractivity contribution in [3.8, 4) is 0 Å². The second kappa shape index (κ2) is 10.2. The minimum Gasteiger partial charge on any atom is -0.325 e. The van der Waals surface area contributed by atoms with Gasteiger partial charge in [0.05, 0.1) is 30.6 Å². The number of fused-ring (bicyclic) bond motifs is 1. The lowest BCUT2D eigenvalue weighted by atomic mass is 10.1. The van der Waals surface area contributed by atoms with E-state index in [0.717, 1.165) is 16.1 Å². The third-order valence-electron chi connectivity index (χ3n) is 6.06. The summed E-state index contributed by atoms with van der Waals surface area (Å²) in [5.74, 6) is -2.19. The number of halogens is 3.